The number of hydrogen-bond donors (Lipinski definition) is 3. The first-order valence-electron chi connectivity index (χ1n) is 6.70. The second kappa shape index (κ2) is 8.55. The van der Waals surface area contributed by atoms with Gasteiger partial charge in [-0.2, -0.15) is 8.42 Å². The van der Waals surface area contributed by atoms with Gasteiger partial charge in [0, 0.05) is 6.54 Å². The zero-order chi connectivity index (χ0) is 18.4. The van der Waals surface area contributed by atoms with Gasteiger partial charge in [-0.15, -0.1) is 0 Å². The maximum Gasteiger partial charge on any atom is 0.265 e. The van der Waals surface area contributed by atoms with E-state index in [1.165, 1.54) is 0 Å². The summed E-state index contributed by atoms with van der Waals surface area (Å²) in [5, 5.41) is 4.81. The summed E-state index contributed by atoms with van der Waals surface area (Å²) in [7, 11) is -3.49. The van der Waals surface area contributed by atoms with Crippen molar-refractivity contribution in [2.24, 2.45) is 21.7 Å². The van der Waals surface area contributed by atoms with E-state index in [-0.39, 0.29) is 11.5 Å². The topological polar surface area (TPSA) is 144 Å². The van der Waals surface area contributed by atoms with Crippen molar-refractivity contribution in [3.63, 3.8) is 0 Å². The van der Waals surface area contributed by atoms with Crippen molar-refractivity contribution < 1.29 is 21.4 Å². The highest BCUT2D eigenvalue weighted by atomic mass is 32.2. The average Bonchev–Trinajstić information content (AvgIpc) is 2.07. The van der Waals surface area contributed by atoms with Gasteiger partial charge < -0.3 is 10.6 Å². The molecule has 0 unspecified atom stereocenters. The zero-order valence-electron chi connectivity index (χ0n) is 14.3. The van der Waals surface area contributed by atoms with E-state index >= 15 is 0 Å². The van der Waals surface area contributed by atoms with Gasteiger partial charge in [0.25, 0.3) is 10.1 Å². The summed E-state index contributed by atoms with van der Waals surface area (Å²) >= 11 is 0. The number of nitrogens with zero attached hydrogens (tertiary/aromatic N) is 1. The molecule has 0 aliphatic rings. The standard InChI is InChI=1S/C7H17NO3S.C5H14N2O2S/c1-7(2,5-8(3)4)6-12(9,10)11;1-5(2,3-6)4-10(7,8)9/h5-6H2,1-4H3,(H,9,10,11);3-4,6H2,1-2H3,(H2,7,8,9). The molecular formula is C12H31N3O5S2. The average molecular weight is 362 g/mol. The summed E-state index contributed by atoms with van der Waals surface area (Å²) in [6, 6.07) is 0. The van der Waals surface area contributed by atoms with E-state index in [0.717, 1.165) is 0 Å². The first-order chi connectivity index (χ1) is 9.39. The second-order valence-corrected chi connectivity index (χ2v) is 10.4. The van der Waals surface area contributed by atoms with Gasteiger partial charge in [-0.1, -0.05) is 27.7 Å². The normalized spacial score (nSPS) is 13.7. The number of sulfonamides is 1. The molecule has 0 rings (SSSR count). The maximum absolute atomic E-state index is 10.6. The van der Waals surface area contributed by atoms with Crippen LogP contribution in [-0.4, -0.2) is 65.0 Å². The third-order valence-corrected chi connectivity index (χ3v) is 4.79. The summed E-state index contributed by atoms with van der Waals surface area (Å²) in [6.45, 7) is 8.09. The van der Waals surface area contributed by atoms with Crippen molar-refractivity contribution in [1.29, 1.82) is 0 Å². The Kier molecular flexibility index (Phi) is 9.33. The van der Waals surface area contributed by atoms with Gasteiger partial charge in [-0.3, -0.25) is 4.55 Å². The van der Waals surface area contributed by atoms with Gasteiger partial charge in [0.15, 0.2) is 0 Å². The fourth-order valence-electron chi connectivity index (χ4n) is 2.00. The molecule has 10 heteroatoms. The summed E-state index contributed by atoms with van der Waals surface area (Å²) in [5.41, 5.74) is 4.48. The van der Waals surface area contributed by atoms with Crippen LogP contribution in [0.15, 0.2) is 0 Å². The summed E-state index contributed by atoms with van der Waals surface area (Å²) in [4.78, 5) is 1.89. The number of hydrogen-bond acceptors (Lipinski definition) is 6. The molecule has 0 radical (unpaired) electrons. The lowest BCUT2D eigenvalue weighted by atomic mass is 9.96. The number of primary sulfonamides is 1. The third kappa shape index (κ3) is 17.8. The van der Waals surface area contributed by atoms with Gasteiger partial charge in [0.1, 0.15) is 0 Å². The van der Waals surface area contributed by atoms with E-state index in [2.05, 4.69) is 0 Å². The van der Waals surface area contributed by atoms with Gasteiger partial charge in [0.05, 0.1) is 11.5 Å². The van der Waals surface area contributed by atoms with Crippen LogP contribution in [0.3, 0.4) is 0 Å². The summed E-state index contributed by atoms with van der Waals surface area (Å²) in [5.74, 6) is -0.255. The largest absolute Gasteiger partial charge is 0.330 e. The summed E-state index contributed by atoms with van der Waals surface area (Å²) < 4.78 is 50.8. The molecule has 0 aliphatic carbocycles. The van der Waals surface area contributed by atoms with Crippen molar-refractivity contribution in [2.75, 3.05) is 38.7 Å². The lowest BCUT2D eigenvalue weighted by Crippen LogP contribution is -2.34. The Balaban J connectivity index is 0. The number of nitrogens with two attached hydrogens (primary N) is 2. The summed E-state index contributed by atoms with van der Waals surface area (Å²) in [6.07, 6.45) is 0. The predicted molar refractivity (Wildman–Crippen MR) is 89.6 cm³/mol. The van der Waals surface area contributed by atoms with Crippen LogP contribution in [0.5, 0.6) is 0 Å². The van der Waals surface area contributed by atoms with Crippen LogP contribution in [-0.2, 0) is 20.1 Å². The molecule has 0 aromatic heterocycles. The lowest BCUT2D eigenvalue weighted by Gasteiger charge is -2.26. The van der Waals surface area contributed by atoms with Crippen LogP contribution in [0.2, 0.25) is 0 Å². The first-order valence-corrected chi connectivity index (χ1v) is 10.0. The monoisotopic (exact) mass is 361 g/mol. The Morgan fingerprint density at radius 2 is 1.36 bits per heavy atom. The van der Waals surface area contributed by atoms with E-state index in [1.54, 1.807) is 27.7 Å². The Morgan fingerprint density at radius 3 is 1.55 bits per heavy atom. The fourth-order valence-corrected chi connectivity index (χ4v) is 4.28. The Bertz CT molecular complexity index is 525. The highest BCUT2D eigenvalue weighted by Crippen LogP contribution is 2.17. The van der Waals surface area contributed by atoms with Gasteiger partial charge in [0.2, 0.25) is 10.0 Å². The Hall–Kier alpha value is -0.260. The molecule has 0 aromatic rings. The lowest BCUT2D eigenvalue weighted by molar-refractivity contribution is 0.261. The van der Waals surface area contributed by atoms with Crippen LogP contribution >= 0.6 is 0 Å². The fraction of sp³-hybridized carbons (Fsp3) is 1.00. The minimum absolute atomic E-state index is 0.0590. The SMILES string of the molecule is CC(C)(CN)CS(N)(=O)=O.CN(C)CC(C)(C)CS(=O)(=O)O. The van der Waals surface area contributed by atoms with Crippen LogP contribution in [0, 0.1) is 10.8 Å². The molecule has 0 heterocycles. The molecule has 0 amide bonds. The molecule has 0 bridgehead atoms. The van der Waals surface area contributed by atoms with Crippen LogP contribution in [0.4, 0.5) is 0 Å². The van der Waals surface area contributed by atoms with Crippen LogP contribution < -0.4 is 10.9 Å². The number of rotatable bonds is 7. The van der Waals surface area contributed by atoms with Gasteiger partial charge in [-0.25, -0.2) is 13.6 Å². The molecule has 0 aliphatic heterocycles. The molecule has 0 aromatic carbocycles. The maximum atomic E-state index is 10.6. The van der Waals surface area contributed by atoms with Crippen molar-refractivity contribution in [2.45, 2.75) is 27.7 Å². The van der Waals surface area contributed by atoms with Crippen molar-refractivity contribution in [3.05, 3.63) is 0 Å². The molecule has 0 fully saturated rings. The van der Waals surface area contributed by atoms with E-state index in [1.807, 2.05) is 19.0 Å². The van der Waals surface area contributed by atoms with Crippen LogP contribution in [0.1, 0.15) is 27.7 Å². The van der Waals surface area contributed by atoms with E-state index < -0.39 is 31.0 Å². The Labute approximate surface area is 135 Å². The first kappa shape index (κ1) is 24.0. The highest BCUT2D eigenvalue weighted by molar-refractivity contribution is 7.89. The third-order valence-electron chi connectivity index (χ3n) is 2.46. The quantitative estimate of drug-likeness (QED) is 0.529. The van der Waals surface area contributed by atoms with Crippen molar-refractivity contribution in [3.8, 4) is 0 Å². The van der Waals surface area contributed by atoms with E-state index in [9.17, 15) is 16.8 Å². The predicted octanol–water partition coefficient (Wildman–Crippen LogP) is -0.278. The highest BCUT2D eigenvalue weighted by Gasteiger charge is 2.25. The van der Waals surface area contributed by atoms with Gasteiger partial charge >= 0.3 is 0 Å². The van der Waals surface area contributed by atoms with Crippen molar-refractivity contribution in [1.82, 2.24) is 4.90 Å². The molecule has 0 saturated heterocycles. The van der Waals surface area contributed by atoms with E-state index in [4.69, 9.17) is 15.4 Å². The molecule has 5 N–H and O–H groups in total. The van der Waals surface area contributed by atoms with Gasteiger partial charge in [-0.05, 0) is 31.5 Å². The minimum Gasteiger partial charge on any atom is -0.330 e. The van der Waals surface area contributed by atoms with E-state index in [0.29, 0.717) is 13.1 Å². The molecule has 0 saturated carbocycles. The zero-order valence-corrected chi connectivity index (χ0v) is 16.0. The molecule has 8 nitrogen and oxygen atoms in total. The Morgan fingerprint density at radius 1 is 0.955 bits per heavy atom. The molecule has 0 spiro atoms. The molecule has 136 valence electrons. The molecule has 0 atom stereocenters. The molecule has 22 heavy (non-hydrogen) atoms. The smallest absolute Gasteiger partial charge is 0.265 e. The molecular weight excluding hydrogens is 330 g/mol. The second-order valence-electron chi connectivity index (χ2n) is 7.30. The minimum atomic E-state index is -3.85. The van der Waals surface area contributed by atoms with Crippen molar-refractivity contribution >= 4 is 20.1 Å². The van der Waals surface area contributed by atoms with Crippen LogP contribution in [0.25, 0.3) is 0 Å².